The van der Waals surface area contributed by atoms with Crippen molar-refractivity contribution >= 4 is 10.0 Å². The molecule has 8 heteroatoms. The van der Waals surface area contributed by atoms with Crippen molar-refractivity contribution in [2.24, 2.45) is 0 Å². The molecule has 0 bridgehead atoms. The maximum absolute atomic E-state index is 11.7. The average molecular weight is 276 g/mol. The van der Waals surface area contributed by atoms with E-state index in [0.29, 0.717) is 0 Å². The van der Waals surface area contributed by atoms with E-state index in [0.717, 1.165) is 12.3 Å². The molecule has 7 nitrogen and oxygen atoms in total. The first-order chi connectivity index (χ1) is 8.47. The number of pyridine rings is 1. The summed E-state index contributed by atoms with van der Waals surface area (Å²) in [6.07, 6.45) is 1.93. The Balaban J connectivity index is 2.62. The van der Waals surface area contributed by atoms with Crippen LogP contribution < -0.4 is 10.2 Å². The molecule has 0 spiro atoms. The molecule has 0 fully saturated rings. The number of methoxy groups -OCH3 is 1. The Morgan fingerprint density at radius 3 is 2.89 bits per heavy atom. The van der Waals surface area contributed by atoms with Gasteiger partial charge in [-0.3, -0.25) is 4.79 Å². The van der Waals surface area contributed by atoms with Gasteiger partial charge in [0, 0.05) is 32.1 Å². The zero-order valence-electron chi connectivity index (χ0n) is 9.92. The summed E-state index contributed by atoms with van der Waals surface area (Å²) < 4.78 is 30.4. The minimum absolute atomic E-state index is 0.0290. The molecule has 0 radical (unpaired) electrons. The third kappa shape index (κ3) is 4.22. The summed E-state index contributed by atoms with van der Waals surface area (Å²) >= 11 is 0. The number of hydrogen-bond donors (Lipinski definition) is 3. The van der Waals surface area contributed by atoms with Crippen molar-refractivity contribution < 1.29 is 18.3 Å². The highest BCUT2D eigenvalue weighted by Crippen LogP contribution is 2.00. The third-order valence-corrected chi connectivity index (χ3v) is 3.69. The average Bonchev–Trinajstić information content (AvgIpc) is 2.29. The van der Waals surface area contributed by atoms with Gasteiger partial charge in [0.25, 0.3) is 0 Å². The van der Waals surface area contributed by atoms with E-state index in [9.17, 15) is 18.3 Å². The smallest absolute Gasteiger partial charge is 0.245 e. The summed E-state index contributed by atoms with van der Waals surface area (Å²) in [6, 6.07) is 1.13. The van der Waals surface area contributed by atoms with Crippen LogP contribution in [-0.2, 0) is 14.8 Å². The normalized spacial score (nSPS) is 13.4. The van der Waals surface area contributed by atoms with Gasteiger partial charge in [0.05, 0.1) is 12.7 Å². The number of rotatable bonds is 7. The Kier molecular flexibility index (Phi) is 5.48. The number of aromatic amines is 1. The van der Waals surface area contributed by atoms with Crippen LogP contribution in [0.15, 0.2) is 28.2 Å². The van der Waals surface area contributed by atoms with E-state index >= 15 is 0 Å². The standard InChI is InChI=1S/C10H16N2O5S/c1-17-7-8(13)2-5-12-18(15,16)10-6-11-4-3-9(10)14/h3-4,6,8,12-13H,2,5,7H2,1H3,(H,11,14). The fourth-order valence-electron chi connectivity index (χ4n) is 1.32. The first kappa shape index (κ1) is 14.8. The van der Waals surface area contributed by atoms with Crippen LogP contribution in [0.5, 0.6) is 0 Å². The Morgan fingerprint density at radius 2 is 2.28 bits per heavy atom. The molecule has 3 N–H and O–H groups in total. The zero-order valence-corrected chi connectivity index (χ0v) is 10.7. The lowest BCUT2D eigenvalue weighted by Crippen LogP contribution is -2.31. The van der Waals surface area contributed by atoms with Crippen molar-refractivity contribution in [1.82, 2.24) is 9.71 Å². The van der Waals surface area contributed by atoms with Gasteiger partial charge in [0.1, 0.15) is 4.90 Å². The molecule has 0 saturated carbocycles. The van der Waals surface area contributed by atoms with Crippen LogP contribution in [0.4, 0.5) is 0 Å². The quantitative estimate of drug-likeness (QED) is 0.595. The topological polar surface area (TPSA) is 108 Å². The van der Waals surface area contributed by atoms with Crippen LogP contribution in [0.3, 0.4) is 0 Å². The second-order valence-corrected chi connectivity index (χ2v) is 5.40. The van der Waals surface area contributed by atoms with E-state index in [4.69, 9.17) is 4.74 Å². The van der Waals surface area contributed by atoms with Gasteiger partial charge in [-0.15, -0.1) is 0 Å². The molecule has 1 aromatic heterocycles. The van der Waals surface area contributed by atoms with E-state index in [1.54, 1.807) is 0 Å². The van der Waals surface area contributed by atoms with Crippen molar-refractivity contribution in [3.05, 3.63) is 28.7 Å². The molecule has 18 heavy (non-hydrogen) atoms. The SMILES string of the molecule is COCC(O)CCNS(=O)(=O)c1c[nH]ccc1=O. The number of ether oxygens (including phenoxy) is 1. The van der Waals surface area contributed by atoms with Crippen molar-refractivity contribution in [2.45, 2.75) is 17.4 Å². The molecule has 1 unspecified atom stereocenters. The third-order valence-electron chi connectivity index (χ3n) is 2.21. The van der Waals surface area contributed by atoms with Crippen molar-refractivity contribution in [3.8, 4) is 0 Å². The molecule has 1 atom stereocenters. The molecule has 0 saturated heterocycles. The highest BCUT2D eigenvalue weighted by atomic mass is 32.2. The lowest BCUT2D eigenvalue weighted by atomic mass is 10.3. The van der Waals surface area contributed by atoms with Crippen molar-refractivity contribution in [2.75, 3.05) is 20.3 Å². The van der Waals surface area contributed by atoms with E-state index in [1.165, 1.54) is 13.3 Å². The highest BCUT2D eigenvalue weighted by Gasteiger charge is 2.17. The maximum atomic E-state index is 11.7. The van der Waals surface area contributed by atoms with Crippen LogP contribution in [0.1, 0.15) is 6.42 Å². The number of H-pyrrole nitrogens is 1. The van der Waals surface area contributed by atoms with Crippen molar-refractivity contribution in [1.29, 1.82) is 0 Å². The van der Waals surface area contributed by atoms with Crippen LogP contribution in [0.25, 0.3) is 0 Å². The minimum Gasteiger partial charge on any atom is -0.391 e. The molecule has 0 aliphatic rings. The van der Waals surface area contributed by atoms with Gasteiger partial charge in [-0.2, -0.15) is 0 Å². The van der Waals surface area contributed by atoms with Crippen LogP contribution >= 0.6 is 0 Å². The largest absolute Gasteiger partial charge is 0.391 e. The second-order valence-electron chi connectivity index (χ2n) is 3.67. The Labute approximate surface area is 105 Å². The summed E-state index contributed by atoms with van der Waals surface area (Å²) in [5.74, 6) is 0. The predicted octanol–water partition coefficient (Wildman–Crippen LogP) is -0.949. The summed E-state index contributed by atoms with van der Waals surface area (Å²) in [7, 11) is -2.41. The molecule has 1 aromatic rings. The van der Waals surface area contributed by atoms with Gasteiger partial charge in [-0.05, 0) is 6.42 Å². The lowest BCUT2D eigenvalue weighted by molar-refractivity contribution is 0.0603. The fourth-order valence-corrected chi connectivity index (χ4v) is 2.42. The number of nitrogens with one attached hydrogen (secondary N) is 2. The number of aliphatic hydroxyl groups excluding tert-OH is 1. The van der Waals surface area contributed by atoms with Gasteiger partial charge in [-0.1, -0.05) is 0 Å². The van der Waals surface area contributed by atoms with Gasteiger partial charge in [0.2, 0.25) is 15.5 Å². The Hall–Kier alpha value is -1.22. The van der Waals surface area contributed by atoms with Gasteiger partial charge in [0.15, 0.2) is 0 Å². The molecule has 0 aliphatic carbocycles. The van der Waals surface area contributed by atoms with Crippen molar-refractivity contribution in [3.63, 3.8) is 0 Å². The van der Waals surface area contributed by atoms with E-state index in [2.05, 4.69) is 9.71 Å². The first-order valence-electron chi connectivity index (χ1n) is 5.31. The first-order valence-corrected chi connectivity index (χ1v) is 6.79. The monoisotopic (exact) mass is 276 g/mol. The highest BCUT2D eigenvalue weighted by molar-refractivity contribution is 7.89. The maximum Gasteiger partial charge on any atom is 0.245 e. The number of aromatic nitrogens is 1. The summed E-state index contributed by atoms with van der Waals surface area (Å²) in [5, 5.41) is 9.34. The molecule has 0 aromatic carbocycles. The minimum atomic E-state index is -3.85. The molecular formula is C10H16N2O5S. The Bertz CT molecular complexity index is 525. The molecule has 0 aliphatic heterocycles. The molecule has 1 heterocycles. The van der Waals surface area contributed by atoms with Crippen LogP contribution in [0, 0.1) is 0 Å². The Morgan fingerprint density at radius 1 is 1.56 bits per heavy atom. The van der Waals surface area contributed by atoms with Gasteiger partial charge >= 0.3 is 0 Å². The lowest BCUT2D eigenvalue weighted by Gasteiger charge is -2.10. The zero-order chi connectivity index (χ0) is 13.6. The number of aliphatic hydroxyl groups is 1. The van der Waals surface area contributed by atoms with Crippen LogP contribution in [0.2, 0.25) is 0 Å². The summed E-state index contributed by atoms with van der Waals surface area (Å²) in [6.45, 7) is 0.162. The van der Waals surface area contributed by atoms with E-state index in [1.807, 2.05) is 0 Å². The van der Waals surface area contributed by atoms with E-state index in [-0.39, 0.29) is 24.5 Å². The number of sulfonamides is 1. The molecule has 1 rings (SSSR count). The van der Waals surface area contributed by atoms with Gasteiger partial charge in [-0.25, -0.2) is 13.1 Å². The predicted molar refractivity (Wildman–Crippen MR) is 64.8 cm³/mol. The second kappa shape index (κ2) is 6.64. The fraction of sp³-hybridized carbons (Fsp3) is 0.500. The summed E-state index contributed by atoms with van der Waals surface area (Å²) in [4.78, 5) is 13.6. The summed E-state index contributed by atoms with van der Waals surface area (Å²) in [5.41, 5.74) is -0.585. The molecule has 0 amide bonds. The molecule has 102 valence electrons. The van der Waals surface area contributed by atoms with Gasteiger partial charge < -0.3 is 14.8 Å². The molecular weight excluding hydrogens is 260 g/mol. The number of hydrogen-bond acceptors (Lipinski definition) is 5. The van der Waals surface area contributed by atoms with E-state index < -0.39 is 21.6 Å². The van der Waals surface area contributed by atoms with Crippen LogP contribution in [-0.4, -0.2) is 44.9 Å².